The van der Waals surface area contributed by atoms with Gasteiger partial charge in [-0.1, -0.05) is 44.2 Å². The highest BCUT2D eigenvalue weighted by molar-refractivity contribution is 6.09. The van der Waals surface area contributed by atoms with E-state index < -0.39 is 0 Å². The smallest absolute Gasteiger partial charge is 0.255 e. The molecule has 210 valence electrons. The molecule has 0 bridgehead atoms. The van der Waals surface area contributed by atoms with Gasteiger partial charge in [0.15, 0.2) is 0 Å². The van der Waals surface area contributed by atoms with Crippen molar-refractivity contribution in [2.75, 3.05) is 43.9 Å². The number of anilines is 3. The molecule has 3 heterocycles. The van der Waals surface area contributed by atoms with E-state index in [9.17, 15) is 4.79 Å². The molecule has 9 nitrogen and oxygen atoms in total. The number of H-pyrrole nitrogens is 1. The van der Waals surface area contributed by atoms with Gasteiger partial charge in [-0.3, -0.25) is 9.69 Å². The number of hydrogen-bond acceptors (Lipinski definition) is 7. The quantitative estimate of drug-likeness (QED) is 0.240. The highest BCUT2D eigenvalue weighted by atomic mass is 16.1. The van der Waals surface area contributed by atoms with Gasteiger partial charge in [-0.05, 0) is 49.4 Å². The average molecular weight is 549 g/mol. The Hall–Kier alpha value is -4.34. The molecule has 3 N–H and O–H groups in total. The maximum absolute atomic E-state index is 13.5. The first-order chi connectivity index (χ1) is 19.8. The lowest BCUT2D eigenvalue weighted by molar-refractivity contribution is 0.102. The van der Waals surface area contributed by atoms with Crippen LogP contribution in [0.15, 0.2) is 60.8 Å². The number of para-hydroxylation sites is 1. The van der Waals surface area contributed by atoms with Crippen LogP contribution in [0.3, 0.4) is 0 Å². The Morgan fingerprint density at radius 1 is 1.00 bits per heavy atom. The SMILES string of the molecule is Cc1cccc2cnc(Nc3cc(NC(=O)c4cccc(CN5CCN(C)CC5)c4)c4nc(C(C)C)[nH]c4c3)nc12. The van der Waals surface area contributed by atoms with Crippen molar-refractivity contribution in [1.82, 2.24) is 29.7 Å². The first kappa shape index (κ1) is 26.9. The lowest BCUT2D eigenvalue weighted by Gasteiger charge is -2.32. The maximum atomic E-state index is 13.5. The zero-order chi connectivity index (χ0) is 28.5. The van der Waals surface area contributed by atoms with Crippen molar-refractivity contribution in [2.24, 2.45) is 0 Å². The van der Waals surface area contributed by atoms with E-state index >= 15 is 0 Å². The first-order valence-corrected chi connectivity index (χ1v) is 14.2. The van der Waals surface area contributed by atoms with E-state index in [0.29, 0.717) is 17.2 Å². The summed E-state index contributed by atoms with van der Waals surface area (Å²) in [4.78, 5) is 35.8. The van der Waals surface area contributed by atoms with E-state index in [0.717, 1.165) is 77.3 Å². The summed E-state index contributed by atoms with van der Waals surface area (Å²) in [5.41, 5.74) is 6.67. The molecule has 0 spiro atoms. The van der Waals surface area contributed by atoms with Crippen molar-refractivity contribution in [3.63, 3.8) is 0 Å². The minimum Gasteiger partial charge on any atom is -0.342 e. The molecular weight excluding hydrogens is 512 g/mol. The molecule has 0 aliphatic carbocycles. The number of benzene rings is 3. The molecule has 0 unspecified atom stereocenters. The molecule has 0 radical (unpaired) electrons. The second-order valence-corrected chi connectivity index (χ2v) is 11.3. The van der Waals surface area contributed by atoms with Crippen LogP contribution < -0.4 is 10.6 Å². The number of rotatable bonds is 7. The zero-order valence-corrected chi connectivity index (χ0v) is 24.0. The largest absolute Gasteiger partial charge is 0.342 e. The summed E-state index contributed by atoms with van der Waals surface area (Å²) in [5.74, 6) is 1.39. The fraction of sp³-hybridized carbons (Fsp3) is 0.312. The molecule has 6 rings (SSSR count). The summed E-state index contributed by atoms with van der Waals surface area (Å²) in [6, 6.07) is 17.8. The lowest BCUT2D eigenvalue weighted by Crippen LogP contribution is -2.43. The number of imidazole rings is 1. The molecule has 0 atom stereocenters. The number of amides is 1. The fourth-order valence-corrected chi connectivity index (χ4v) is 5.24. The summed E-state index contributed by atoms with van der Waals surface area (Å²) in [5, 5.41) is 7.46. The van der Waals surface area contributed by atoms with Crippen LogP contribution in [0.2, 0.25) is 0 Å². The summed E-state index contributed by atoms with van der Waals surface area (Å²) in [6.07, 6.45) is 1.82. The van der Waals surface area contributed by atoms with Gasteiger partial charge in [0.2, 0.25) is 5.95 Å². The van der Waals surface area contributed by atoms with Crippen molar-refractivity contribution in [3.8, 4) is 0 Å². The number of piperazine rings is 1. The normalized spacial score (nSPS) is 14.7. The molecular formula is C32H36N8O. The number of hydrogen-bond donors (Lipinski definition) is 3. The summed E-state index contributed by atoms with van der Waals surface area (Å²) < 4.78 is 0. The van der Waals surface area contributed by atoms with Gasteiger partial charge in [-0.15, -0.1) is 0 Å². The van der Waals surface area contributed by atoms with Crippen LogP contribution in [0.1, 0.15) is 47.1 Å². The highest BCUT2D eigenvalue weighted by Gasteiger charge is 2.17. The van der Waals surface area contributed by atoms with Gasteiger partial charge < -0.3 is 20.5 Å². The third-order valence-corrected chi connectivity index (χ3v) is 7.66. The Morgan fingerprint density at radius 2 is 1.80 bits per heavy atom. The van der Waals surface area contributed by atoms with Crippen LogP contribution in [0.5, 0.6) is 0 Å². The number of nitrogens with one attached hydrogen (secondary N) is 3. The van der Waals surface area contributed by atoms with Crippen molar-refractivity contribution >= 4 is 45.2 Å². The second kappa shape index (κ2) is 11.3. The topological polar surface area (TPSA) is 102 Å². The van der Waals surface area contributed by atoms with Gasteiger partial charge in [0.1, 0.15) is 11.3 Å². The molecule has 1 aliphatic heterocycles. The van der Waals surface area contributed by atoms with Crippen LogP contribution in [0.25, 0.3) is 21.9 Å². The predicted octanol–water partition coefficient (Wildman–Crippen LogP) is 5.68. The number of fused-ring (bicyclic) bond motifs is 2. The van der Waals surface area contributed by atoms with E-state index in [2.05, 4.69) is 57.4 Å². The van der Waals surface area contributed by atoms with Crippen LogP contribution in [-0.2, 0) is 6.54 Å². The van der Waals surface area contributed by atoms with Crippen LogP contribution in [-0.4, -0.2) is 68.9 Å². The van der Waals surface area contributed by atoms with Crippen molar-refractivity contribution in [2.45, 2.75) is 33.2 Å². The van der Waals surface area contributed by atoms with E-state index in [1.54, 1.807) is 0 Å². The lowest BCUT2D eigenvalue weighted by atomic mass is 10.1. The molecule has 1 saturated heterocycles. The van der Waals surface area contributed by atoms with Gasteiger partial charge in [-0.2, -0.15) is 0 Å². The minimum absolute atomic E-state index is 0.171. The Kier molecular flexibility index (Phi) is 7.38. The Bertz CT molecular complexity index is 1720. The molecule has 5 aromatic rings. The third kappa shape index (κ3) is 5.91. The second-order valence-electron chi connectivity index (χ2n) is 11.3. The highest BCUT2D eigenvalue weighted by Crippen LogP contribution is 2.30. The molecule has 3 aromatic carbocycles. The Balaban J connectivity index is 1.28. The third-order valence-electron chi connectivity index (χ3n) is 7.66. The Morgan fingerprint density at radius 3 is 2.61 bits per heavy atom. The van der Waals surface area contributed by atoms with Crippen molar-refractivity contribution in [1.29, 1.82) is 0 Å². The minimum atomic E-state index is -0.171. The first-order valence-electron chi connectivity index (χ1n) is 14.2. The van der Waals surface area contributed by atoms with Crippen LogP contribution in [0.4, 0.5) is 17.3 Å². The zero-order valence-electron chi connectivity index (χ0n) is 24.0. The van der Waals surface area contributed by atoms with E-state index in [1.165, 1.54) is 0 Å². The summed E-state index contributed by atoms with van der Waals surface area (Å²) in [7, 11) is 2.16. The predicted molar refractivity (Wildman–Crippen MR) is 165 cm³/mol. The van der Waals surface area contributed by atoms with Crippen LogP contribution >= 0.6 is 0 Å². The van der Waals surface area contributed by atoms with Gasteiger partial charge in [0, 0.05) is 61.5 Å². The standard InChI is InChI=1S/C32H36N8O/c1-20(2)30-35-26-16-25(34-32-33-18-24-10-5-7-21(3)28(24)38-32)17-27(29(26)37-30)36-31(41)23-9-6-8-22(15-23)19-40-13-11-39(4)12-14-40/h5-10,15-18,20H,11-14,19H2,1-4H3,(H,35,37)(H,36,41)(H,33,34,38). The number of carbonyl (C=O) groups excluding carboxylic acids is 1. The fourth-order valence-electron chi connectivity index (χ4n) is 5.24. The molecule has 1 aliphatic rings. The van der Waals surface area contributed by atoms with Crippen molar-refractivity contribution in [3.05, 3.63) is 83.3 Å². The number of carbonyl (C=O) groups is 1. The average Bonchev–Trinajstić information content (AvgIpc) is 3.40. The van der Waals surface area contributed by atoms with Gasteiger partial charge in [0.25, 0.3) is 5.91 Å². The molecule has 1 fully saturated rings. The molecule has 1 amide bonds. The molecule has 2 aromatic heterocycles. The van der Waals surface area contributed by atoms with Gasteiger partial charge in [-0.25, -0.2) is 15.0 Å². The number of aromatic amines is 1. The maximum Gasteiger partial charge on any atom is 0.255 e. The molecule has 41 heavy (non-hydrogen) atoms. The number of nitrogens with zero attached hydrogens (tertiary/aromatic N) is 5. The monoisotopic (exact) mass is 548 g/mol. The summed E-state index contributed by atoms with van der Waals surface area (Å²) in [6.45, 7) is 11.2. The van der Waals surface area contributed by atoms with E-state index in [-0.39, 0.29) is 11.8 Å². The Labute approximate surface area is 240 Å². The van der Waals surface area contributed by atoms with Crippen LogP contribution in [0, 0.1) is 6.92 Å². The number of aryl methyl sites for hydroxylation is 1. The van der Waals surface area contributed by atoms with E-state index in [1.807, 2.05) is 61.7 Å². The van der Waals surface area contributed by atoms with E-state index in [4.69, 9.17) is 9.97 Å². The van der Waals surface area contributed by atoms with Gasteiger partial charge >= 0.3 is 0 Å². The molecule has 0 saturated carbocycles. The molecule has 9 heteroatoms. The number of aromatic nitrogens is 4. The van der Waals surface area contributed by atoms with Gasteiger partial charge in [0.05, 0.1) is 16.7 Å². The number of likely N-dealkylation sites (N-methyl/N-ethyl adjacent to an activating group) is 1. The van der Waals surface area contributed by atoms with Crippen molar-refractivity contribution < 1.29 is 4.79 Å². The summed E-state index contributed by atoms with van der Waals surface area (Å²) >= 11 is 0.